The molecule has 2 rings (SSSR count). The molecule has 1 fully saturated rings. The van der Waals surface area contributed by atoms with Crippen LogP contribution in [0, 0.1) is 5.92 Å². The van der Waals surface area contributed by atoms with Crippen LogP contribution >= 0.6 is 0 Å². The van der Waals surface area contributed by atoms with E-state index in [0.29, 0.717) is 24.5 Å². The molecule has 1 amide bonds. The molecule has 4 nitrogen and oxygen atoms in total. The quantitative estimate of drug-likeness (QED) is 0.785. The number of hydrogen-bond donors (Lipinski definition) is 0. The van der Waals surface area contributed by atoms with Crippen molar-refractivity contribution in [1.82, 2.24) is 4.90 Å². The molecular formula is C18H25NO3. The van der Waals surface area contributed by atoms with Gasteiger partial charge in [-0.3, -0.25) is 4.79 Å². The fraction of sp³-hybridized carbons (Fsp3) is 0.556. The van der Waals surface area contributed by atoms with Crippen LogP contribution in [-0.2, 0) is 9.53 Å². The van der Waals surface area contributed by atoms with Crippen LogP contribution in [0.15, 0.2) is 24.3 Å². The van der Waals surface area contributed by atoms with Crippen molar-refractivity contribution >= 4 is 11.9 Å². The van der Waals surface area contributed by atoms with Crippen molar-refractivity contribution < 1.29 is 14.3 Å². The smallest absolute Gasteiger partial charge is 0.338 e. The van der Waals surface area contributed by atoms with E-state index in [4.69, 9.17) is 4.74 Å². The Morgan fingerprint density at radius 3 is 2.82 bits per heavy atom. The number of esters is 1. The van der Waals surface area contributed by atoms with Gasteiger partial charge in [0.2, 0.25) is 5.91 Å². The Bertz CT molecular complexity index is 539. The summed E-state index contributed by atoms with van der Waals surface area (Å²) in [5, 5.41) is 0. The number of nitrogens with zero attached hydrogens (tertiary/aromatic N) is 1. The molecule has 1 saturated heterocycles. The second kappa shape index (κ2) is 7.43. The lowest BCUT2D eigenvalue weighted by Crippen LogP contribution is -2.40. The average Bonchev–Trinajstić information content (AvgIpc) is 2.49. The van der Waals surface area contributed by atoms with Gasteiger partial charge in [-0.25, -0.2) is 4.79 Å². The average molecular weight is 303 g/mol. The Morgan fingerprint density at radius 2 is 2.18 bits per heavy atom. The van der Waals surface area contributed by atoms with Gasteiger partial charge in [0, 0.05) is 19.5 Å². The van der Waals surface area contributed by atoms with E-state index in [0.717, 1.165) is 25.1 Å². The largest absolute Gasteiger partial charge is 0.462 e. The molecule has 0 saturated carbocycles. The van der Waals surface area contributed by atoms with E-state index >= 15 is 0 Å². The molecule has 120 valence electrons. The van der Waals surface area contributed by atoms with Crippen molar-refractivity contribution in [2.45, 2.75) is 39.5 Å². The lowest BCUT2D eigenvalue weighted by Gasteiger charge is -2.33. The highest BCUT2D eigenvalue weighted by Gasteiger charge is 2.27. The summed E-state index contributed by atoms with van der Waals surface area (Å²) in [5.74, 6) is 0.609. The van der Waals surface area contributed by atoms with E-state index in [1.807, 2.05) is 23.1 Å². The van der Waals surface area contributed by atoms with Gasteiger partial charge in [-0.15, -0.1) is 0 Å². The molecule has 0 bridgehead atoms. The lowest BCUT2D eigenvalue weighted by molar-refractivity contribution is -0.134. The van der Waals surface area contributed by atoms with Crippen LogP contribution in [0.4, 0.5) is 0 Å². The minimum absolute atomic E-state index is 0.199. The zero-order chi connectivity index (χ0) is 16.1. The lowest BCUT2D eigenvalue weighted by atomic mass is 9.88. The van der Waals surface area contributed by atoms with Gasteiger partial charge in [0.15, 0.2) is 0 Å². The van der Waals surface area contributed by atoms with E-state index in [9.17, 15) is 9.59 Å². The van der Waals surface area contributed by atoms with Gasteiger partial charge in [-0.05, 0) is 42.9 Å². The minimum atomic E-state index is -0.298. The van der Waals surface area contributed by atoms with Crippen molar-refractivity contribution in [3.63, 3.8) is 0 Å². The molecule has 0 unspecified atom stereocenters. The third-order valence-electron chi connectivity index (χ3n) is 3.98. The van der Waals surface area contributed by atoms with Gasteiger partial charge in [-0.1, -0.05) is 26.0 Å². The van der Waals surface area contributed by atoms with Crippen molar-refractivity contribution in [2.75, 3.05) is 19.7 Å². The molecule has 0 aliphatic carbocycles. The van der Waals surface area contributed by atoms with Crippen molar-refractivity contribution in [2.24, 2.45) is 5.92 Å². The molecule has 4 heteroatoms. The Labute approximate surface area is 132 Å². The van der Waals surface area contributed by atoms with E-state index in [1.54, 1.807) is 13.0 Å². The summed E-state index contributed by atoms with van der Waals surface area (Å²) < 4.78 is 5.04. The summed E-state index contributed by atoms with van der Waals surface area (Å²) in [6, 6.07) is 7.50. The maximum absolute atomic E-state index is 12.3. The van der Waals surface area contributed by atoms with Gasteiger partial charge in [0.05, 0.1) is 12.2 Å². The standard InChI is InChI=1S/C18H25NO3/c1-4-22-18(21)16-7-5-6-14(10-16)15-8-9-19(12-13(2)3)17(20)11-15/h5-7,10,13,15H,4,8-9,11-12H2,1-3H3/t15-/m0/s1. The van der Waals surface area contributed by atoms with Gasteiger partial charge in [0.1, 0.15) is 0 Å². The van der Waals surface area contributed by atoms with Crippen molar-refractivity contribution in [1.29, 1.82) is 0 Å². The van der Waals surface area contributed by atoms with Crippen LogP contribution in [0.3, 0.4) is 0 Å². The van der Waals surface area contributed by atoms with Gasteiger partial charge in [0.25, 0.3) is 0 Å². The number of piperidine rings is 1. The third kappa shape index (κ3) is 4.09. The monoisotopic (exact) mass is 303 g/mol. The van der Waals surface area contributed by atoms with E-state index in [1.165, 1.54) is 0 Å². The number of ether oxygens (including phenoxy) is 1. The van der Waals surface area contributed by atoms with Crippen LogP contribution in [0.25, 0.3) is 0 Å². The number of likely N-dealkylation sites (tertiary alicyclic amines) is 1. The van der Waals surface area contributed by atoms with E-state index < -0.39 is 0 Å². The fourth-order valence-corrected chi connectivity index (χ4v) is 2.93. The van der Waals surface area contributed by atoms with Crippen LogP contribution < -0.4 is 0 Å². The number of amides is 1. The highest BCUT2D eigenvalue weighted by molar-refractivity contribution is 5.89. The predicted octanol–water partition coefficient (Wildman–Crippen LogP) is 3.23. The first-order valence-electron chi connectivity index (χ1n) is 8.06. The Balaban J connectivity index is 2.06. The van der Waals surface area contributed by atoms with Crippen LogP contribution in [0.2, 0.25) is 0 Å². The summed E-state index contributed by atoms with van der Waals surface area (Å²) in [6.45, 7) is 8.05. The SMILES string of the molecule is CCOC(=O)c1cccc([C@H]2CCN(CC(C)C)C(=O)C2)c1. The maximum Gasteiger partial charge on any atom is 0.338 e. The molecule has 0 N–H and O–H groups in total. The fourth-order valence-electron chi connectivity index (χ4n) is 2.93. The summed E-state index contributed by atoms with van der Waals surface area (Å²) in [6.07, 6.45) is 1.48. The van der Waals surface area contributed by atoms with Crippen molar-refractivity contribution in [3.05, 3.63) is 35.4 Å². The molecule has 1 aromatic carbocycles. The second-order valence-electron chi connectivity index (χ2n) is 6.27. The maximum atomic E-state index is 12.3. The normalized spacial score (nSPS) is 18.6. The zero-order valence-corrected chi connectivity index (χ0v) is 13.7. The minimum Gasteiger partial charge on any atom is -0.462 e. The number of carbonyl (C=O) groups is 2. The number of carbonyl (C=O) groups excluding carboxylic acids is 2. The third-order valence-corrected chi connectivity index (χ3v) is 3.98. The Morgan fingerprint density at radius 1 is 1.41 bits per heavy atom. The molecule has 22 heavy (non-hydrogen) atoms. The van der Waals surface area contributed by atoms with E-state index in [2.05, 4.69) is 13.8 Å². The first kappa shape index (κ1) is 16.5. The predicted molar refractivity (Wildman–Crippen MR) is 85.8 cm³/mol. The van der Waals surface area contributed by atoms with Crippen LogP contribution in [-0.4, -0.2) is 36.5 Å². The Hall–Kier alpha value is -1.84. The number of benzene rings is 1. The molecular weight excluding hydrogens is 278 g/mol. The van der Waals surface area contributed by atoms with Gasteiger partial charge >= 0.3 is 5.97 Å². The Kier molecular flexibility index (Phi) is 5.58. The molecule has 0 spiro atoms. The summed E-state index contributed by atoms with van der Waals surface area (Å²) in [7, 11) is 0. The molecule has 1 heterocycles. The molecule has 1 aromatic rings. The number of hydrogen-bond acceptors (Lipinski definition) is 3. The highest BCUT2D eigenvalue weighted by atomic mass is 16.5. The molecule has 0 radical (unpaired) electrons. The van der Waals surface area contributed by atoms with Gasteiger partial charge in [-0.2, -0.15) is 0 Å². The first-order chi connectivity index (χ1) is 10.5. The highest BCUT2D eigenvalue weighted by Crippen LogP contribution is 2.29. The number of rotatable bonds is 5. The van der Waals surface area contributed by atoms with Crippen LogP contribution in [0.5, 0.6) is 0 Å². The molecule has 0 aromatic heterocycles. The first-order valence-corrected chi connectivity index (χ1v) is 8.06. The van der Waals surface area contributed by atoms with Gasteiger partial charge < -0.3 is 9.64 Å². The summed E-state index contributed by atoms with van der Waals surface area (Å²) in [4.78, 5) is 26.0. The summed E-state index contributed by atoms with van der Waals surface area (Å²) in [5.41, 5.74) is 1.62. The zero-order valence-electron chi connectivity index (χ0n) is 13.7. The van der Waals surface area contributed by atoms with Crippen molar-refractivity contribution in [3.8, 4) is 0 Å². The van der Waals surface area contributed by atoms with Crippen LogP contribution in [0.1, 0.15) is 55.5 Å². The molecule has 1 aliphatic heterocycles. The summed E-state index contributed by atoms with van der Waals surface area (Å²) >= 11 is 0. The topological polar surface area (TPSA) is 46.6 Å². The second-order valence-corrected chi connectivity index (χ2v) is 6.27. The van der Waals surface area contributed by atoms with E-state index in [-0.39, 0.29) is 17.8 Å². The molecule has 1 aliphatic rings. The molecule has 1 atom stereocenters.